The van der Waals surface area contributed by atoms with E-state index in [-0.39, 0.29) is 11.7 Å². The number of benzene rings is 2. The first kappa shape index (κ1) is 21.7. The number of aryl methyl sites for hydroxylation is 2. The van der Waals surface area contributed by atoms with Crippen molar-refractivity contribution < 1.29 is 9.18 Å². The van der Waals surface area contributed by atoms with E-state index in [0.717, 1.165) is 22.6 Å². The summed E-state index contributed by atoms with van der Waals surface area (Å²) >= 11 is 0. The largest absolute Gasteiger partial charge is 0.353 e. The van der Waals surface area contributed by atoms with Gasteiger partial charge in [-0.15, -0.1) is 0 Å². The number of carbonyl (C=O) groups excluding carboxylic acids is 1. The van der Waals surface area contributed by atoms with Crippen LogP contribution in [0.4, 0.5) is 10.2 Å². The van der Waals surface area contributed by atoms with Crippen LogP contribution < -0.4 is 4.90 Å². The third-order valence-corrected chi connectivity index (χ3v) is 5.74. The molecule has 1 aromatic heterocycles. The van der Waals surface area contributed by atoms with E-state index < -0.39 is 0 Å². The van der Waals surface area contributed by atoms with Crippen LogP contribution in [-0.2, 0) is 11.2 Å². The molecular formula is C26H27FN4O. The molecule has 32 heavy (non-hydrogen) atoms. The summed E-state index contributed by atoms with van der Waals surface area (Å²) in [5.74, 6) is 1.32. The molecule has 1 fully saturated rings. The molecule has 164 valence electrons. The van der Waals surface area contributed by atoms with Crippen LogP contribution in [0.1, 0.15) is 28.2 Å². The Hall–Kier alpha value is -3.54. The van der Waals surface area contributed by atoms with Crippen LogP contribution in [0.25, 0.3) is 6.08 Å². The number of carbonyl (C=O) groups is 1. The van der Waals surface area contributed by atoms with Gasteiger partial charge in [-0.2, -0.15) is 0 Å². The Morgan fingerprint density at radius 1 is 0.969 bits per heavy atom. The van der Waals surface area contributed by atoms with Gasteiger partial charge >= 0.3 is 0 Å². The van der Waals surface area contributed by atoms with E-state index in [9.17, 15) is 9.18 Å². The van der Waals surface area contributed by atoms with Crippen molar-refractivity contribution in [1.82, 2.24) is 14.9 Å². The van der Waals surface area contributed by atoms with Crippen molar-refractivity contribution in [2.24, 2.45) is 0 Å². The average Bonchev–Trinajstić information content (AvgIpc) is 2.81. The lowest BCUT2D eigenvalue weighted by atomic mass is 10.0. The molecule has 1 aliphatic heterocycles. The molecular weight excluding hydrogens is 403 g/mol. The molecule has 0 saturated carbocycles. The lowest BCUT2D eigenvalue weighted by molar-refractivity contribution is -0.126. The number of piperazine rings is 1. The van der Waals surface area contributed by atoms with Gasteiger partial charge in [0.1, 0.15) is 17.5 Å². The second-order valence-electron chi connectivity index (χ2n) is 7.98. The number of anilines is 1. The van der Waals surface area contributed by atoms with E-state index in [1.54, 1.807) is 18.2 Å². The van der Waals surface area contributed by atoms with Gasteiger partial charge in [-0.1, -0.05) is 48.5 Å². The Bertz CT molecular complexity index is 1120. The number of halogens is 1. The third kappa shape index (κ3) is 5.02. The van der Waals surface area contributed by atoms with Crippen molar-refractivity contribution in [2.75, 3.05) is 31.1 Å². The minimum atomic E-state index is -0.223. The average molecular weight is 431 g/mol. The molecule has 0 radical (unpaired) electrons. The molecule has 0 unspecified atom stereocenters. The summed E-state index contributed by atoms with van der Waals surface area (Å²) in [4.78, 5) is 25.9. The minimum Gasteiger partial charge on any atom is -0.353 e. The Kier molecular flexibility index (Phi) is 6.59. The maximum absolute atomic E-state index is 14.3. The van der Waals surface area contributed by atoms with Crippen LogP contribution >= 0.6 is 0 Å². The van der Waals surface area contributed by atoms with Gasteiger partial charge in [0.2, 0.25) is 5.91 Å². The van der Waals surface area contributed by atoms with Gasteiger partial charge in [0.05, 0.1) is 0 Å². The van der Waals surface area contributed by atoms with Crippen LogP contribution in [-0.4, -0.2) is 47.0 Å². The fourth-order valence-corrected chi connectivity index (χ4v) is 3.99. The summed E-state index contributed by atoms with van der Waals surface area (Å²) in [5, 5.41) is 0. The van der Waals surface area contributed by atoms with Crippen molar-refractivity contribution in [3.8, 4) is 0 Å². The van der Waals surface area contributed by atoms with Gasteiger partial charge in [-0.25, -0.2) is 14.4 Å². The zero-order valence-corrected chi connectivity index (χ0v) is 18.5. The molecule has 1 saturated heterocycles. The molecule has 0 atom stereocenters. The SMILES string of the molecule is Cc1nc(C)c(Cc2ccccc2F)c(N2CCN(C(=O)/C=C/c3ccccc3)CC2)n1. The summed E-state index contributed by atoms with van der Waals surface area (Å²) in [6.45, 7) is 6.38. The molecule has 5 nitrogen and oxygen atoms in total. The molecule has 0 spiro atoms. The third-order valence-electron chi connectivity index (χ3n) is 5.74. The van der Waals surface area contributed by atoms with Crippen LogP contribution in [0, 0.1) is 19.7 Å². The number of hydrogen-bond donors (Lipinski definition) is 0. The Morgan fingerprint density at radius 3 is 2.38 bits per heavy atom. The van der Waals surface area contributed by atoms with Crippen LogP contribution in [0.5, 0.6) is 0 Å². The lowest BCUT2D eigenvalue weighted by Crippen LogP contribution is -2.49. The molecule has 3 aromatic rings. The quantitative estimate of drug-likeness (QED) is 0.570. The number of rotatable bonds is 5. The fourth-order valence-electron chi connectivity index (χ4n) is 3.99. The van der Waals surface area contributed by atoms with E-state index in [1.807, 2.05) is 61.2 Å². The first-order valence-corrected chi connectivity index (χ1v) is 10.9. The van der Waals surface area contributed by atoms with Crippen molar-refractivity contribution in [3.63, 3.8) is 0 Å². The normalized spacial score (nSPS) is 14.2. The molecule has 1 amide bonds. The molecule has 0 N–H and O–H groups in total. The first-order chi connectivity index (χ1) is 15.5. The standard InChI is InChI=1S/C26H27FN4O/c1-19-23(18-22-10-6-7-11-24(22)27)26(29-20(2)28-19)31-16-14-30(15-17-31)25(32)13-12-21-8-4-3-5-9-21/h3-13H,14-18H2,1-2H3/b13-12+. The van der Waals surface area contributed by atoms with Crippen molar-refractivity contribution in [1.29, 1.82) is 0 Å². The number of hydrogen-bond acceptors (Lipinski definition) is 4. The Labute approximate surface area is 188 Å². The maximum Gasteiger partial charge on any atom is 0.246 e. The minimum absolute atomic E-state index is 0.00938. The fraction of sp³-hybridized carbons (Fsp3) is 0.269. The van der Waals surface area contributed by atoms with Gasteiger partial charge in [0, 0.05) is 49.9 Å². The van der Waals surface area contributed by atoms with Crippen molar-refractivity contribution in [2.45, 2.75) is 20.3 Å². The molecule has 2 aromatic carbocycles. The molecule has 6 heteroatoms. The van der Waals surface area contributed by atoms with E-state index >= 15 is 0 Å². The van der Waals surface area contributed by atoms with E-state index in [1.165, 1.54) is 6.07 Å². The monoisotopic (exact) mass is 430 g/mol. The highest BCUT2D eigenvalue weighted by molar-refractivity contribution is 5.92. The van der Waals surface area contributed by atoms with E-state index in [0.29, 0.717) is 44.0 Å². The highest BCUT2D eigenvalue weighted by Gasteiger charge is 2.24. The van der Waals surface area contributed by atoms with Gasteiger partial charge in [0.15, 0.2) is 0 Å². The van der Waals surface area contributed by atoms with Gasteiger partial charge < -0.3 is 9.80 Å². The summed E-state index contributed by atoms with van der Waals surface area (Å²) in [7, 11) is 0. The molecule has 4 rings (SSSR count). The molecule has 2 heterocycles. The first-order valence-electron chi connectivity index (χ1n) is 10.9. The predicted octanol–water partition coefficient (Wildman–Crippen LogP) is 4.19. The molecule has 1 aliphatic rings. The Morgan fingerprint density at radius 2 is 1.66 bits per heavy atom. The zero-order chi connectivity index (χ0) is 22.5. The highest BCUT2D eigenvalue weighted by atomic mass is 19.1. The van der Waals surface area contributed by atoms with Crippen LogP contribution in [0.3, 0.4) is 0 Å². The predicted molar refractivity (Wildman–Crippen MR) is 125 cm³/mol. The highest BCUT2D eigenvalue weighted by Crippen LogP contribution is 2.26. The summed E-state index contributed by atoms with van der Waals surface area (Å²) in [5.41, 5.74) is 3.43. The topological polar surface area (TPSA) is 49.3 Å². The van der Waals surface area contributed by atoms with Crippen LogP contribution in [0.15, 0.2) is 60.7 Å². The number of amides is 1. The van der Waals surface area contributed by atoms with E-state index in [2.05, 4.69) is 9.88 Å². The Balaban J connectivity index is 1.48. The van der Waals surface area contributed by atoms with Gasteiger partial charge in [-0.05, 0) is 37.1 Å². The summed E-state index contributed by atoms with van der Waals surface area (Å²) in [6, 6.07) is 16.6. The molecule has 0 aliphatic carbocycles. The zero-order valence-electron chi connectivity index (χ0n) is 18.5. The van der Waals surface area contributed by atoms with Crippen molar-refractivity contribution in [3.05, 3.63) is 94.7 Å². The second kappa shape index (κ2) is 9.73. The summed E-state index contributed by atoms with van der Waals surface area (Å²) < 4.78 is 14.3. The van der Waals surface area contributed by atoms with E-state index in [4.69, 9.17) is 4.98 Å². The summed E-state index contributed by atoms with van der Waals surface area (Å²) in [6.07, 6.45) is 3.92. The van der Waals surface area contributed by atoms with Crippen LogP contribution in [0.2, 0.25) is 0 Å². The molecule has 0 bridgehead atoms. The number of nitrogens with zero attached hydrogens (tertiary/aromatic N) is 4. The van der Waals surface area contributed by atoms with Gasteiger partial charge in [-0.3, -0.25) is 4.79 Å². The number of aromatic nitrogens is 2. The maximum atomic E-state index is 14.3. The lowest BCUT2D eigenvalue weighted by Gasteiger charge is -2.36. The smallest absolute Gasteiger partial charge is 0.246 e. The van der Waals surface area contributed by atoms with Crippen molar-refractivity contribution >= 4 is 17.8 Å². The van der Waals surface area contributed by atoms with Gasteiger partial charge in [0.25, 0.3) is 0 Å². The second-order valence-corrected chi connectivity index (χ2v) is 7.98.